The molecule has 2 aliphatic rings. The molecule has 1 aliphatic heterocycles. The van der Waals surface area contributed by atoms with E-state index in [-0.39, 0.29) is 35.6 Å². The highest BCUT2D eigenvalue weighted by Gasteiger charge is 2.44. The van der Waals surface area contributed by atoms with E-state index < -0.39 is 62.7 Å². The van der Waals surface area contributed by atoms with Crippen molar-refractivity contribution >= 4 is 33.2 Å². The second kappa shape index (κ2) is 10.7. The average molecular weight is 578 g/mol. The fraction of sp³-hybridized carbons (Fsp3) is 0.440. The molecule has 39 heavy (non-hydrogen) atoms. The Labute approximate surface area is 220 Å². The predicted octanol–water partition coefficient (Wildman–Crippen LogP) is 5.47. The van der Waals surface area contributed by atoms with Gasteiger partial charge in [-0.1, -0.05) is 37.8 Å². The SMILES string of the molecule is O=C(CC1C(=O)Nc2ccccc2N1S(=O)(=O)c1cc(C(F)(F)F)cc(C(F)(F)F)c1)NC1CCCCCC1. The molecule has 1 fully saturated rings. The van der Waals surface area contributed by atoms with Crippen LogP contribution in [0.15, 0.2) is 47.4 Å². The van der Waals surface area contributed by atoms with Gasteiger partial charge in [-0.25, -0.2) is 8.42 Å². The van der Waals surface area contributed by atoms with E-state index in [0.717, 1.165) is 25.7 Å². The number of benzene rings is 2. The van der Waals surface area contributed by atoms with Crippen LogP contribution in [0.25, 0.3) is 0 Å². The number of amides is 2. The van der Waals surface area contributed by atoms with Crippen LogP contribution in [-0.4, -0.2) is 32.3 Å². The fourth-order valence-electron chi connectivity index (χ4n) is 4.81. The highest BCUT2D eigenvalue weighted by Crippen LogP contribution is 2.41. The number of hydrogen-bond acceptors (Lipinski definition) is 4. The van der Waals surface area contributed by atoms with E-state index >= 15 is 0 Å². The molecule has 1 saturated carbocycles. The molecule has 0 spiro atoms. The summed E-state index contributed by atoms with van der Waals surface area (Å²) in [6, 6.07) is 3.43. The summed E-state index contributed by atoms with van der Waals surface area (Å²) in [4.78, 5) is 24.6. The molecule has 1 heterocycles. The number of rotatable bonds is 5. The quantitative estimate of drug-likeness (QED) is 0.364. The van der Waals surface area contributed by atoms with Gasteiger partial charge in [0.2, 0.25) is 11.8 Å². The zero-order chi connectivity index (χ0) is 28.6. The van der Waals surface area contributed by atoms with E-state index in [4.69, 9.17) is 0 Å². The molecule has 212 valence electrons. The van der Waals surface area contributed by atoms with Crippen molar-refractivity contribution in [1.29, 1.82) is 0 Å². The molecule has 4 rings (SSSR count). The summed E-state index contributed by atoms with van der Waals surface area (Å²) in [6.07, 6.45) is -6.15. The smallest absolute Gasteiger partial charge is 0.353 e. The van der Waals surface area contributed by atoms with E-state index in [1.165, 1.54) is 24.3 Å². The van der Waals surface area contributed by atoms with Crippen LogP contribution >= 0.6 is 0 Å². The van der Waals surface area contributed by atoms with Gasteiger partial charge in [0.05, 0.1) is 33.8 Å². The number of nitrogens with zero attached hydrogens (tertiary/aromatic N) is 1. The van der Waals surface area contributed by atoms with Crippen molar-refractivity contribution in [3.05, 3.63) is 53.6 Å². The van der Waals surface area contributed by atoms with E-state index in [1.807, 2.05) is 0 Å². The van der Waals surface area contributed by atoms with Crippen molar-refractivity contribution in [3.63, 3.8) is 0 Å². The van der Waals surface area contributed by atoms with Gasteiger partial charge < -0.3 is 10.6 Å². The lowest BCUT2D eigenvalue weighted by atomic mass is 10.1. The van der Waals surface area contributed by atoms with E-state index in [2.05, 4.69) is 10.6 Å². The fourth-order valence-corrected chi connectivity index (χ4v) is 6.51. The number of halogens is 6. The average Bonchev–Trinajstić information content (AvgIpc) is 3.11. The minimum atomic E-state index is -5.29. The minimum Gasteiger partial charge on any atom is -0.353 e. The van der Waals surface area contributed by atoms with Gasteiger partial charge in [-0.05, 0) is 43.2 Å². The third-order valence-electron chi connectivity index (χ3n) is 6.70. The molecule has 0 radical (unpaired) electrons. The van der Waals surface area contributed by atoms with Gasteiger partial charge in [-0.3, -0.25) is 13.9 Å². The molecule has 1 unspecified atom stereocenters. The predicted molar refractivity (Wildman–Crippen MR) is 129 cm³/mol. The van der Waals surface area contributed by atoms with Gasteiger partial charge in [0.1, 0.15) is 6.04 Å². The highest BCUT2D eigenvalue weighted by molar-refractivity contribution is 7.93. The number of nitrogens with one attached hydrogen (secondary N) is 2. The second-order valence-corrected chi connectivity index (χ2v) is 11.3. The maximum Gasteiger partial charge on any atom is 0.416 e. The van der Waals surface area contributed by atoms with Crippen molar-refractivity contribution < 1.29 is 44.3 Å². The summed E-state index contributed by atoms with van der Waals surface area (Å²) in [5, 5.41) is 5.25. The second-order valence-electron chi connectivity index (χ2n) is 9.52. The van der Waals surface area contributed by atoms with Gasteiger partial charge in [0.25, 0.3) is 10.0 Å². The van der Waals surface area contributed by atoms with Gasteiger partial charge in [0, 0.05) is 6.04 Å². The number of para-hydroxylation sites is 2. The van der Waals surface area contributed by atoms with Crippen LogP contribution in [0.3, 0.4) is 0 Å². The molecule has 0 saturated heterocycles. The first kappa shape index (κ1) is 28.7. The summed E-state index contributed by atoms with van der Waals surface area (Å²) >= 11 is 0. The Morgan fingerprint density at radius 2 is 1.49 bits per heavy atom. The van der Waals surface area contributed by atoms with E-state index in [1.54, 1.807) is 0 Å². The van der Waals surface area contributed by atoms with Crippen LogP contribution < -0.4 is 14.9 Å². The number of carbonyl (C=O) groups excluding carboxylic acids is 2. The highest BCUT2D eigenvalue weighted by atomic mass is 32.2. The lowest BCUT2D eigenvalue weighted by molar-refractivity contribution is -0.143. The number of fused-ring (bicyclic) bond motifs is 1. The van der Waals surface area contributed by atoms with Gasteiger partial charge >= 0.3 is 12.4 Å². The normalized spacial score (nSPS) is 19.2. The molecule has 1 atom stereocenters. The Balaban J connectivity index is 1.78. The molecular weight excluding hydrogens is 552 g/mol. The number of carbonyl (C=O) groups is 2. The lowest BCUT2D eigenvalue weighted by Gasteiger charge is -2.37. The zero-order valence-electron chi connectivity index (χ0n) is 20.4. The van der Waals surface area contributed by atoms with Crippen molar-refractivity contribution in [2.24, 2.45) is 0 Å². The van der Waals surface area contributed by atoms with Crippen LogP contribution in [0.5, 0.6) is 0 Å². The molecule has 7 nitrogen and oxygen atoms in total. The van der Waals surface area contributed by atoms with E-state index in [9.17, 15) is 44.3 Å². The standard InChI is InChI=1S/C25H25F6N3O4S/c26-24(27,28)15-11-16(25(29,30)31)13-18(12-15)39(37,38)34-20-10-6-5-9-19(20)33-23(36)21(34)14-22(35)32-17-7-3-1-2-4-8-17/h5-6,9-13,17,21H,1-4,7-8,14H2,(H,32,35)(H,33,36). The molecule has 2 aromatic carbocycles. The molecule has 2 aromatic rings. The Morgan fingerprint density at radius 1 is 0.923 bits per heavy atom. The number of hydrogen-bond donors (Lipinski definition) is 2. The first-order valence-corrected chi connectivity index (χ1v) is 13.6. The van der Waals surface area contributed by atoms with Gasteiger partial charge in [0.15, 0.2) is 0 Å². The van der Waals surface area contributed by atoms with E-state index in [0.29, 0.717) is 17.1 Å². The zero-order valence-corrected chi connectivity index (χ0v) is 21.2. The Bertz CT molecular complexity index is 1320. The summed E-state index contributed by atoms with van der Waals surface area (Å²) in [5.41, 5.74) is -3.88. The molecule has 2 N–H and O–H groups in total. The van der Waals surface area contributed by atoms with Crippen LogP contribution in [0, 0.1) is 0 Å². The first-order valence-electron chi connectivity index (χ1n) is 12.2. The molecule has 14 heteroatoms. The molecule has 2 amide bonds. The van der Waals surface area contributed by atoms with Crippen molar-refractivity contribution in [2.45, 2.75) is 74.3 Å². The van der Waals surface area contributed by atoms with Crippen molar-refractivity contribution in [3.8, 4) is 0 Å². The summed E-state index contributed by atoms with van der Waals surface area (Å²) in [6.45, 7) is 0. The number of anilines is 2. The van der Waals surface area contributed by atoms with Gasteiger partial charge in [-0.2, -0.15) is 26.3 Å². The Morgan fingerprint density at radius 3 is 2.05 bits per heavy atom. The topological polar surface area (TPSA) is 95.6 Å². The van der Waals surface area contributed by atoms with Crippen LogP contribution in [0.2, 0.25) is 0 Å². The van der Waals surface area contributed by atoms with Crippen LogP contribution in [-0.2, 0) is 32.0 Å². The van der Waals surface area contributed by atoms with Crippen LogP contribution in [0.4, 0.5) is 37.7 Å². The third-order valence-corrected chi connectivity index (χ3v) is 8.50. The molecular formula is C25H25F6N3O4S. The Kier molecular flexibility index (Phi) is 7.88. The number of alkyl halides is 6. The minimum absolute atomic E-state index is 0.0328. The largest absolute Gasteiger partial charge is 0.416 e. The summed E-state index contributed by atoms with van der Waals surface area (Å²) in [5.74, 6) is -1.61. The van der Waals surface area contributed by atoms with Crippen molar-refractivity contribution in [2.75, 3.05) is 9.62 Å². The molecule has 0 bridgehead atoms. The van der Waals surface area contributed by atoms with Crippen LogP contribution in [0.1, 0.15) is 56.1 Å². The van der Waals surface area contributed by atoms with Crippen molar-refractivity contribution in [1.82, 2.24) is 5.32 Å². The molecule has 0 aromatic heterocycles. The summed E-state index contributed by atoms with van der Waals surface area (Å²) < 4.78 is 109. The molecule has 1 aliphatic carbocycles. The van der Waals surface area contributed by atoms with Gasteiger partial charge in [-0.15, -0.1) is 0 Å². The number of sulfonamides is 1. The Hall–Kier alpha value is -3.29. The maximum absolute atomic E-state index is 13.8. The lowest BCUT2D eigenvalue weighted by Crippen LogP contribution is -2.53. The third kappa shape index (κ3) is 6.31. The first-order chi connectivity index (χ1) is 18.2. The monoisotopic (exact) mass is 577 g/mol. The summed E-state index contributed by atoms with van der Waals surface area (Å²) in [7, 11) is -5.22. The maximum atomic E-state index is 13.8.